The minimum Gasteiger partial charge on any atom is -0.465 e. The fraction of sp³-hybridized carbons (Fsp3) is 0.471. The van der Waals surface area contributed by atoms with Gasteiger partial charge in [0.05, 0.1) is 6.61 Å². The molecule has 1 aliphatic carbocycles. The smallest absolute Gasteiger partial charge is 0.318 e. The quantitative estimate of drug-likeness (QED) is 0.632. The number of hydrogen-bond acceptors (Lipinski definition) is 3. The number of benzene rings is 1. The van der Waals surface area contributed by atoms with Gasteiger partial charge in [0.1, 0.15) is 5.41 Å². The van der Waals surface area contributed by atoms with Crippen LogP contribution in [0, 0.1) is 0 Å². The fourth-order valence-electron chi connectivity index (χ4n) is 3.11. The maximum atomic E-state index is 12.8. The van der Waals surface area contributed by atoms with Crippen LogP contribution in [0.1, 0.15) is 25.3 Å². The number of esters is 1. The van der Waals surface area contributed by atoms with Crippen molar-refractivity contribution in [3.63, 3.8) is 0 Å². The number of likely N-dealkylation sites (N-methyl/N-ethyl adjacent to an activating group) is 1. The summed E-state index contributed by atoms with van der Waals surface area (Å²) in [6.07, 6.45) is 5.98. The summed E-state index contributed by atoms with van der Waals surface area (Å²) in [7, 11) is 4.02. The second kappa shape index (κ2) is 7.62. The molecule has 1 aromatic carbocycles. The standard InChI is InChI=1S/C17H23NO2.ClH/c1-4-20-16(19)17(14-10-6-5-7-11-14)13-9-8-12-15(17)18(2)3;/h5-8,10-12,15H,4,9,13H2,1-3H3;1H. The van der Waals surface area contributed by atoms with Gasteiger partial charge < -0.3 is 9.64 Å². The monoisotopic (exact) mass is 309 g/mol. The number of nitrogens with zero attached hydrogens (tertiary/aromatic N) is 1. The van der Waals surface area contributed by atoms with Gasteiger partial charge in [-0.1, -0.05) is 42.5 Å². The molecule has 2 rings (SSSR count). The normalized spacial score (nSPS) is 24.5. The van der Waals surface area contributed by atoms with Gasteiger partial charge in [0.25, 0.3) is 0 Å². The highest BCUT2D eigenvalue weighted by Gasteiger charge is 2.49. The van der Waals surface area contributed by atoms with Crippen LogP contribution in [0.2, 0.25) is 0 Å². The Morgan fingerprint density at radius 1 is 1.33 bits per heavy atom. The first-order valence-electron chi connectivity index (χ1n) is 7.18. The predicted molar refractivity (Wildman–Crippen MR) is 87.9 cm³/mol. The van der Waals surface area contributed by atoms with Crippen LogP contribution >= 0.6 is 12.4 Å². The predicted octanol–water partition coefficient (Wildman–Crippen LogP) is 3.19. The van der Waals surface area contributed by atoms with Crippen molar-refractivity contribution in [3.05, 3.63) is 48.0 Å². The van der Waals surface area contributed by atoms with E-state index < -0.39 is 5.41 Å². The number of allylic oxidation sites excluding steroid dienone is 1. The molecule has 116 valence electrons. The summed E-state index contributed by atoms with van der Waals surface area (Å²) < 4.78 is 5.42. The molecule has 21 heavy (non-hydrogen) atoms. The molecule has 0 amide bonds. The van der Waals surface area contributed by atoms with Gasteiger partial charge in [-0.05, 0) is 39.4 Å². The lowest BCUT2D eigenvalue weighted by Crippen LogP contribution is -2.54. The van der Waals surface area contributed by atoms with E-state index in [0.29, 0.717) is 6.61 Å². The Bertz CT molecular complexity index is 487. The van der Waals surface area contributed by atoms with Gasteiger partial charge in [0.2, 0.25) is 0 Å². The number of carbonyl (C=O) groups is 1. The Morgan fingerprint density at radius 3 is 2.57 bits per heavy atom. The Kier molecular flexibility index (Phi) is 6.43. The van der Waals surface area contributed by atoms with Crippen molar-refractivity contribution in [2.45, 2.75) is 31.2 Å². The summed E-state index contributed by atoms with van der Waals surface area (Å²) in [5.41, 5.74) is 0.441. The van der Waals surface area contributed by atoms with E-state index in [0.717, 1.165) is 18.4 Å². The van der Waals surface area contributed by atoms with Crippen LogP contribution < -0.4 is 0 Å². The van der Waals surface area contributed by atoms with Crippen molar-refractivity contribution < 1.29 is 9.53 Å². The largest absolute Gasteiger partial charge is 0.465 e. The molecular weight excluding hydrogens is 286 g/mol. The molecule has 0 saturated carbocycles. The van der Waals surface area contributed by atoms with Gasteiger partial charge in [0.15, 0.2) is 0 Å². The molecule has 0 bridgehead atoms. The van der Waals surface area contributed by atoms with Crippen molar-refractivity contribution in [2.24, 2.45) is 0 Å². The van der Waals surface area contributed by atoms with E-state index in [4.69, 9.17) is 4.74 Å². The number of halogens is 1. The molecule has 0 heterocycles. The highest BCUT2D eigenvalue weighted by molar-refractivity contribution is 5.85. The van der Waals surface area contributed by atoms with E-state index in [1.54, 1.807) is 0 Å². The lowest BCUT2D eigenvalue weighted by molar-refractivity contribution is -0.152. The third-order valence-corrected chi connectivity index (χ3v) is 4.01. The van der Waals surface area contributed by atoms with E-state index >= 15 is 0 Å². The zero-order valence-electron chi connectivity index (χ0n) is 12.9. The number of ether oxygens (including phenoxy) is 1. The molecule has 0 aromatic heterocycles. The highest BCUT2D eigenvalue weighted by Crippen LogP contribution is 2.40. The topological polar surface area (TPSA) is 29.5 Å². The third kappa shape index (κ3) is 3.30. The lowest BCUT2D eigenvalue weighted by atomic mass is 9.68. The first-order chi connectivity index (χ1) is 9.63. The summed E-state index contributed by atoms with van der Waals surface area (Å²) in [4.78, 5) is 14.8. The molecule has 0 radical (unpaired) electrons. The minimum atomic E-state index is -0.602. The molecule has 4 heteroatoms. The van der Waals surface area contributed by atoms with Crippen LogP contribution in [-0.2, 0) is 14.9 Å². The van der Waals surface area contributed by atoms with Crippen LogP contribution in [0.5, 0.6) is 0 Å². The molecule has 1 aliphatic rings. The average Bonchev–Trinajstić information content (AvgIpc) is 2.48. The van der Waals surface area contributed by atoms with Gasteiger partial charge in [-0.25, -0.2) is 0 Å². The van der Waals surface area contributed by atoms with Gasteiger partial charge in [-0.3, -0.25) is 4.79 Å². The molecule has 0 saturated heterocycles. The second-order valence-corrected chi connectivity index (χ2v) is 5.43. The average molecular weight is 310 g/mol. The Morgan fingerprint density at radius 2 is 2.00 bits per heavy atom. The Hall–Kier alpha value is -1.32. The van der Waals surface area contributed by atoms with Crippen molar-refractivity contribution in [1.82, 2.24) is 4.90 Å². The Balaban J connectivity index is 0.00000220. The number of carbonyl (C=O) groups excluding carboxylic acids is 1. The first-order valence-corrected chi connectivity index (χ1v) is 7.18. The van der Waals surface area contributed by atoms with E-state index in [-0.39, 0.29) is 24.4 Å². The van der Waals surface area contributed by atoms with Crippen molar-refractivity contribution in [1.29, 1.82) is 0 Å². The molecule has 0 fully saturated rings. The number of rotatable bonds is 4. The molecule has 0 aliphatic heterocycles. The molecule has 1 aromatic rings. The van der Waals surface area contributed by atoms with Crippen LogP contribution in [0.25, 0.3) is 0 Å². The molecule has 2 atom stereocenters. The maximum Gasteiger partial charge on any atom is 0.318 e. The van der Waals surface area contributed by atoms with Crippen LogP contribution in [0.3, 0.4) is 0 Å². The van der Waals surface area contributed by atoms with Crippen LogP contribution in [0.4, 0.5) is 0 Å². The first kappa shape index (κ1) is 17.7. The van der Waals surface area contributed by atoms with Crippen molar-refractivity contribution in [2.75, 3.05) is 20.7 Å². The van der Waals surface area contributed by atoms with Gasteiger partial charge in [-0.2, -0.15) is 0 Å². The van der Waals surface area contributed by atoms with E-state index in [9.17, 15) is 4.79 Å². The van der Waals surface area contributed by atoms with Crippen LogP contribution in [-0.4, -0.2) is 37.6 Å². The van der Waals surface area contributed by atoms with E-state index in [1.807, 2.05) is 51.4 Å². The zero-order valence-corrected chi connectivity index (χ0v) is 13.7. The summed E-state index contributed by atoms with van der Waals surface area (Å²) in [5, 5.41) is 0. The lowest BCUT2D eigenvalue weighted by Gasteiger charge is -2.42. The van der Waals surface area contributed by atoms with Gasteiger partial charge >= 0.3 is 5.97 Å². The summed E-state index contributed by atoms with van der Waals surface area (Å²) >= 11 is 0. The summed E-state index contributed by atoms with van der Waals surface area (Å²) in [6.45, 7) is 2.28. The fourth-order valence-corrected chi connectivity index (χ4v) is 3.11. The minimum absolute atomic E-state index is 0. The van der Waals surface area contributed by atoms with Gasteiger partial charge in [0, 0.05) is 6.04 Å². The molecule has 0 N–H and O–H groups in total. The summed E-state index contributed by atoms with van der Waals surface area (Å²) in [5.74, 6) is -0.116. The highest BCUT2D eigenvalue weighted by atomic mass is 35.5. The van der Waals surface area contributed by atoms with Crippen molar-refractivity contribution >= 4 is 18.4 Å². The second-order valence-electron chi connectivity index (χ2n) is 5.43. The SMILES string of the molecule is CCOC(=O)C1(c2ccccc2)CCC=CC1N(C)C.Cl. The van der Waals surface area contributed by atoms with E-state index in [1.165, 1.54) is 0 Å². The molecule has 2 unspecified atom stereocenters. The van der Waals surface area contributed by atoms with E-state index in [2.05, 4.69) is 17.1 Å². The molecule has 0 spiro atoms. The zero-order chi connectivity index (χ0) is 14.6. The summed E-state index contributed by atoms with van der Waals surface area (Å²) in [6, 6.07) is 10.0. The molecule has 3 nitrogen and oxygen atoms in total. The third-order valence-electron chi connectivity index (χ3n) is 4.01. The van der Waals surface area contributed by atoms with Crippen LogP contribution in [0.15, 0.2) is 42.5 Å². The molecular formula is C17H24ClNO2. The number of hydrogen-bond donors (Lipinski definition) is 0. The van der Waals surface area contributed by atoms with Gasteiger partial charge in [-0.15, -0.1) is 12.4 Å². The maximum absolute atomic E-state index is 12.8. The van der Waals surface area contributed by atoms with Crippen molar-refractivity contribution in [3.8, 4) is 0 Å². The Labute approximate surface area is 133 Å².